The van der Waals surface area contributed by atoms with Crippen molar-refractivity contribution in [1.82, 2.24) is 0 Å². The van der Waals surface area contributed by atoms with E-state index in [9.17, 15) is 4.79 Å². The molecule has 2 nitrogen and oxygen atoms in total. The van der Waals surface area contributed by atoms with Crippen LogP contribution in [0.15, 0.2) is 16.1 Å². The largest absolute Gasteiger partial charge is 0.293 e. The maximum atomic E-state index is 11.0. The molecule has 2 heteroatoms. The number of Topliss-reactive ketones (excluding diaryl/α,β-unsaturated/α-hetero) is 1. The third kappa shape index (κ3) is 1.39. The highest BCUT2D eigenvalue weighted by Gasteiger charge is 2.16. The molecule has 0 fully saturated rings. The van der Waals surface area contributed by atoms with E-state index in [4.69, 9.17) is 0 Å². The Bertz CT molecular complexity index is 248. The van der Waals surface area contributed by atoms with Crippen molar-refractivity contribution in [3.63, 3.8) is 0 Å². The minimum Gasteiger partial charge on any atom is -0.293 e. The number of nitrogens with zero attached hydrogens (tertiary/aromatic N) is 1. The maximum Gasteiger partial charge on any atom is 0.177 e. The van der Waals surface area contributed by atoms with E-state index in [0.717, 1.165) is 18.5 Å². The zero-order valence-electron chi connectivity index (χ0n) is 7.27. The van der Waals surface area contributed by atoms with Gasteiger partial charge in [0.15, 0.2) is 5.78 Å². The van der Waals surface area contributed by atoms with Crippen LogP contribution in [-0.4, -0.2) is 18.0 Å². The average molecular weight is 151 g/mol. The summed E-state index contributed by atoms with van der Waals surface area (Å²) in [7, 11) is 0. The summed E-state index contributed by atoms with van der Waals surface area (Å²) in [5.41, 5.74) is 3.08. The first-order valence-corrected chi connectivity index (χ1v) is 3.91. The predicted octanol–water partition coefficient (Wildman–Crippen LogP) is 1.76. The van der Waals surface area contributed by atoms with Gasteiger partial charge in [-0.15, -0.1) is 0 Å². The lowest BCUT2D eigenvalue weighted by molar-refractivity contribution is -0.111. The first kappa shape index (κ1) is 8.18. The number of carbonyl (C=O) groups excluding carboxylic acids is 1. The van der Waals surface area contributed by atoms with Gasteiger partial charge < -0.3 is 0 Å². The van der Waals surface area contributed by atoms with E-state index in [1.807, 2.05) is 6.92 Å². The highest BCUT2D eigenvalue weighted by atomic mass is 16.1. The van der Waals surface area contributed by atoms with E-state index in [2.05, 4.69) is 11.9 Å². The molecule has 0 aromatic heterocycles. The summed E-state index contributed by atoms with van der Waals surface area (Å²) in [5, 5.41) is 0. The number of ketones is 1. The Morgan fingerprint density at radius 2 is 2.27 bits per heavy atom. The monoisotopic (exact) mass is 151 g/mol. The van der Waals surface area contributed by atoms with Crippen molar-refractivity contribution >= 4 is 11.5 Å². The van der Waals surface area contributed by atoms with E-state index in [1.54, 1.807) is 6.92 Å². The fourth-order valence-electron chi connectivity index (χ4n) is 1.33. The molecule has 0 saturated carbocycles. The van der Waals surface area contributed by atoms with Gasteiger partial charge in [-0.1, -0.05) is 6.92 Å². The van der Waals surface area contributed by atoms with E-state index in [-0.39, 0.29) is 5.78 Å². The van der Waals surface area contributed by atoms with Crippen molar-refractivity contribution in [2.24, 2.45) is 4.99 Å². The van der Waals surface area contributed by atoms with Gasteiger partial charge in [-0.2, -0.15) is 0 Å². The zero-order chi connectivity index (χ0) is 8.43. The van der Waals surface area contributed by atoms with Gasteiger partial charge in [-0.05, 0) is 24.5 Å². The molecule has 1 aliphatic heterocycles. The van der Waals surface area contributed by atoms with Gasteiger partial charge in [0.25, 0.3) is 0 Å². The van der Waals surface area contributed by atoms with Crippen LogP contribution < -0.4 is 0 Å². The topological polar surface area (TPSA) is 29.4 Å². The molecule has 0 saturated heterocycles. The van der Waals surface area contributed by atoms with Crippen LogP contribution in [0.3, 0.4) is 0 Å². The van der Waals surface area contributed by atoms with Crippen LogP contribution in [0.4, 0.5) is 0 Å². The Balaban J connectivity index is 2.89. The Hall–Kier alpha value is -0.920. The van der Waals surface area contributed by atoms with Gasteiger partial charge in [0.2, 0.25) is 0 Å². The molecule has 0 atom stereocenters. The molecule has 0 aromatic rings. The first-order chi connectivity index (χ1) is 5.16. The molecular weight excluding hydrogens is 138 g/mol. The number of rotatable bonds is 2. The third-order valence-corrected chi connectivity index (χ3v) is 2.07. The van der Waals surface area contributed by atoms with Crippen LogP contribution in [-0.2, 0) is 4.79 Å². The van der Waals surface area contributed by atoms with Crippen molar-refractivity contribution in [2.75, 3.05) is 6.54 Å². The van der Waals surface area contributed by atoms with Gasteiger partial charge in [0, 0.05) is 6.92 Å². The van der Waals surface area contributed by atoms with Crippen molar-refractivity contribution in [3.05, 3.63) is 11.1 Å². The van der Waals surface area contributed by atoms with Crippen LogP contribution in [0.5, 0.6) is 0 Å². The van der Waals surface area contributed by atoms with Crippen molar-refractivity contribution in [1.29, 1.82) is 0 Å². The SMILES string of the molecule is CCC1=C(C)C(C(C)=O)=NC1. The average Bonchev–Trinajstić information content (AvgIpc) is 2.30. The Morgan fingerprint density at radius 3 is 2.55 bits per heavy atom. The number of hydrogen-bond acceptors (Lipinski definition) is 2. The van der Waals surface area contributed by atoms with Crippen LogP contribution >= 0.6 is 0 Å². The fraction of sp³-hybridized carbons (Fsp3) is 0.556. The summed E-state index contributed by atoms with van der Waals surface area (Å²) in [6.07, 6.45) is 1.01. The molecule has 0 aromatic carbocycles. The smallest absolute Gasteiger partial charge is 0.177 e. The number of aliphatic imine (C=N–C) groups is 1. The number of carbonyl (C=O) groups is 1. The van der Waals surface area contributed by atoms with E-state index >= 15 is 0 Å². The lowest BCUT2D eigenvalue weighted by atomic mass is 10.0. The van der Waals surface area contributed by atoms with Gasteiger partial charge >= 0.3 is 0 Å². The lowest BCUT2D eigenvalue weighted by Gasteiger charge is -1.97. The quantitative estimate of drug-likeness (QED) is 0.591. The molecule has 0 bridgehead atoms. The molecule has 0 N–H and O–H groups in total. The van der Waals surface area contributed by atoms with Crippen LogP contribution in [0.1, 0.15) is 27.2 Å². The normalized spacial score (nSPS) is 17.2. The summed E-state index contributed by atoms with van der Waals surface area (Å²) in [4.78, 5) is 15.1. The summed E-state index contributed by atoms with van der Waals surface area (Å²) in [6, 6.07) is 0. The van der Waals surface area contributed by atoms with E-state index in [0.29, 0.717) is 5.71 Å². The highest BCUT2D eigenvalue weighted by molar-refractivity contribution is 6.46. The van der Waals surface area contributed by atoms with Crippen molar-refractivity contribution in [3.8, 4) is 0 Å². The maximum absolute atomic E-state index is 11.0. The molecule has 1 aliphatic rings. The Kier molecular flexibility index (Phi) is 2.22. The number of allylic oxidation sites excluding steroid dienone is 1. The molecular formula is C9H13NO. The molecule has 60 valence electrons. The second-order valence-corrected chi connectivity index (χ2v) is 2.80. The minimum atomic E-state index is 0.0888. The fourth-order valence-corrected chi connectivity index (χ4v) is 1.33. The summed E-state index contributed by atoms with van der Waals surface area (Å²) in [5.74, 6) is 0.0888. The van der Waals surface area contributed by atoms with Gasteiger partial charge in [0.05, 0.1) is 6.54 Å². The molecule has 0 spiro atoms. The molecule has 1 heterocycles. The van der Waals surface area contributed by atoms with Gasteiger partial charge in [0.1, 0.15) is 5.71 Å². The minimum absolute atomic E-state index is 0.0888. The zero-order valence-corrected chi connectivity index (χ0v) is 7.27. The van der Waals surface area contributed by atoms with Crippen molar-refractivity contribution < 1.29 is 4.79 Å². The molecule has 11 heavy (non-hydrogen) atoms. The van der Waals surface area contributed by atoms with E-state index < -0.39 is 0 Å². The molecule has 0 amide bonds. The van der Waals surface area contributed by atoms with Gasteiger partial charge in [-0.25, -0.2) is 0 Å². The molecule has 0 aliphatic carbocycles. The highest BCUT2D eigenvalue weighted by Crippen LogP contribution is 2.17. The standard InChI is InChI=1S/C9H13NO/c1-4-8-5-10-9(6(8)2)7(3)11/h4-5H2,1-3H3. The second kappa shape index (κ2) is 2.99. The Morgan fingerprint density at radius 1 is 1.64 bits per heavy atom. The predicted molar refractivity (Wildman–Crippen MR) is 46.0 cm³/mol. The summed E-state index contributed by atoms with van der Waals surface area (Å²) < 4.78 is 0. The van der Waals surface area contributed by atoms with Crippen LogP contribution in [0.25, 0.3) is 0 Å². The lowest BCUT2D eigenvalue weighted by Crippen LogP contribution is -2.08. The molecule has 0 unspecified atom stereocenters. The van der Waals surface area contributed by atoms with E-state index in [1.165, 1.54) is 5.57 Å². The summed E-state index contributed by atoms with van der Waals surface area (Å²) in [6.45, 7) is 6.38. The third-order valence-electron chi connectivity index (χ3n) is 2.07. The molecule has 1 rings (SSSR count). The number of hydrogen-bond donors (Lipinski definition) is 0. The first-order valence-electron chi connectivity index (χ1n) is 3.91. The summed E-state index contributed by atoms with van der Waals surface area (Å²) >= 11 is 0. The van der Waals surface area contributed by atoms with Gasteiger partial charge in [-0.3, -0.25) is 9.79 Å². The molecule has 0 radical (unpaired) electrons. The van der Waals surface area contributed by atoms with Crippen LogP contribution in [0, 0.1) is 0 Å². The van der Waals surface area contributed by atoms with Crippen LogP contribution in [0.2, 0.25) is 0 Å². The Labute approximate surface area is 67.0 Å². The second-order valence-electron chi connectivity index (χ2n) is 2.80. The van der Waals surface area contributed by atoms with Crippen molar-refractivity contribution in [2.45, 2.75) is 27.2 Å².